The molecule has 0 spiro atoms. The number of fused-ring (bicyclic) bond motifs is 1. The Hall–Kier alpha value is -3.48. The average molecular weight is 408 g/mol. The summed E-state index contributed by atoms with van der Waals surface area (Å²) in [6.07, 6.45) is 0. The summed E-state index contributed by atoms with van der Waals surface area (Å²) < 4.78 is 5.08. The Kier molecular flexibility index (Phi) is 6.01. The molecule has 0 saturated heterocycles. The molecule has 3 amide bonds. The van der Waals surface area contributed by atoms with Gasteiger partial charge in [-0.2, -0.15) is 0 Å². The van der Waals surface area contributed by atoms with E-state index in [0.29, 0.717) is 12.2 Å². The lowest BCUT2D eigenvalue weighted by molar-refractivity contribution is -0.119. The number of anilines is 1. The molecule has 0 unspecified atom stereocenters. The highest BCUT2D eigenvalue weighted by Crippen LogP contribution is 2.25. The minimum atomic E-state index is -0.739. The molecule has 0 aromatic heterocycles. The van der Waals surface area contributed by atoms with E-state index in [0.717, 1.165) is 11.1 Å². The van der Waals surface area contributed by atoms with Gasteiger partial charge in [0.05, 0.1) is 16.7 Å². The second-order valence-corrected chi connectivity index (χ2v) is 7.82. The van der Waals surface area contributed by atoms with E-state index >= 15 is 0 Å². The van der Waals surface area contributed by atoms with Gasteiger partial charge in [0.2, 0.25) is 0 Å². The third-order valence-electron chi connectivity index (χ3n) is 4.76. The van der Waals surface area contributed by atoms with Crippen LogP contribution >= 0.6 is 0 Å². The first-order valence-electron chi connectivity index (χ1n) is 9.72. The molecule has 1 heterocycles. The number of hydrogen-bond donors (Lipinski definition) is 1. The number of imide groups is 1. The van der Waals surface area contributed by atoms with Gasteiger partial charge >= 0.3 is 5.97 Å². The third-order valence-corrected chi connectivity index (χ3v) is 4.76. The van der Waals surface area contributed by atoms with Crippen LogP contribution in [-0.2, 0) is 9.53 Å². The molecule has 0 saturated carbocycles. The number of hydrogen-bond acceptors (Lipinski definition) is 5. The molecule has 1 aliphatic heterocycles. The minimum absolute atomic E-state index is 0.112. The first-order chi connectivity index (χ1) is 14.2. The number of benzene rings is 2. The number of ether oxygens (including phenoxy) is 1. The number of amides is 3. The summed E-state index contributed by atoms with van der Waals surface area (Å²) in [5.74, 6) is -1.86. The lowest BCUT2D eigenvalue weighted by atomic mass is 10.1. The largest absolute Gasteiger partial charge is 0.452 e. The van der Waals surface area contributed by atoms with Gasteiger partial charge < -0.3 is 10.1 Å². The third kappa shape index (κ3) is 4.40. The molecule has 2 aromatic rings. The van der Waals surface area contributed by atoms with E-state index in [9.17, 15) is 19.2 Å². The Labute approximate surface area is 175 Å². The molecule has 0 atom stereocenters. The van der Waals surface area contributed by atoms with Crippen molar-refractivity contribution in [2.45, 2.75) is 27.7 Å². The standard InChI is InChI=1S/C23H24N2O5/c1-13(2)11-25-21(27)17-8-7-16(10-18(17)22(25)28)23(29)30-12-20(26)24-19-9-14(3)5-6-15(19)4/h5-10,13H,11-12H2,1-4H3,(H,24,26). The molecule has 0 radical (unpaired) electrons. The molecule has 7 nitrogen and oxygen atoms in total. The molecular formula is C23H24N2O5. The van der Waals surface area contributed by atoms with Gasteiger partial charge in [0.1, 0.15) is 0 Å². The maximum Gasteiger partial charge on any atom is 0.338 e. The van der Waals surface area contributed by atoms with Crippen LogP contribution in [0.15, 0.2) is 36.4 Å². The van der Waals surface area contributed by atoms with Crippen molar-refractivity contribution < 1.29 is 23.9 Å². The fourth-order valence-electron chi connectivity index (χ4n) is 3.22. The van der Waals surface area contributed by atoms with Crippen LogP contribution in [0.4, 0.5) is 5.69 Å². The summed E-state index contributed by atoms with van der Waals surface area (Å²) in [6.45, 7) is 7.45. The lowest BCUT2D eigenvalue weighted by Crippen LogP contribution is -2.33. The summed E-state index contributed by atoms with van der Waals surface area (Å²) in [6, 6.07) is 9.88. The molecule has 156 valence electrons. The normalized spacial score (nSPS) is 12.9. The summed E-state index contributed by atoms with van der Waals surface area (Å²) in [4.78, 5) is 50.6. The van der Waals surface area contributed by atoms with Crippen LogP contribution in [0, 0.1) is 19.8 Å². The van der Waals surface area contributed by atoms with Crippen molar-refractivity contribution in [3.63, 3.8) is 0 Å². The predicted molar refractivity (Wildman–Crippen MR) is 111 cm³/mol. The lowest BCUT2D eigenvalue weighted by Gasteiger charge is -2.15. The van der Waals surface area contributed by atoms with Crippen molar-refractivity contribution in [1.29, 1.82) is 0 Å². The molecule has 1 N–H and O–H groups in total. The van der Waals surface area contributed by atoms with Crippen molar-refractivity contribution >= 4 is 29.4 Å². The number of nitrogens with one attached hydrogen (secondary N) is 1. The monoisotopic (exact) mass is 408 g/mol. The van der Waals surface area contributed by atoms with Gasteiger partial charge in [0, 0.05) is 12.2 Å². The predicted octanol–water partition coefficient (Wildman–Crippen LogP) is 3.35. The summed E-state index contributed by atoms with van der Waals surface area (Å²) in [5.41, 5.74) is 3.10. The number of rotatable bonds is 6. The second-order valence-electron chi connectivity index (χ2n) is 7.82. The second kappa shape index (κ2) is 8.49. The van der Waals surface area contributed by atoms with E-state index in [1.165, 1.54) is 23.1 Å². The van der Waals surface area contributed by atoms with Crippen molar-refractivity contribution in [2.75, 3.05) is 18.5 Å². The smallest absolute Gasteiger partial charge is 0.338 e. The van der Waals surface area contributed by atoms with Gasteiger partial charge in [-0.05, 0) is 55.2 Å². The van der Waals surface area contributed by atoms with Crippen molar-refractivity contribution in [2.24, 2.45) is 5.92 Å². The molecule has 3 rings (SSSR count). The molecule has 0 fully saturated rings. The van der Waals surface area contributed by atoms with Crippen LogP contribution < -0.4 is 5.32 Å². The Morgan fingerprint density at radius 3 is 2.40 bits per heavy atom. The first-order valence-corrected chi connectivity index (χ1v) is 9.72. The highest BCUT2D eigenvalue weighted by Gasteiger charge is 2.36. The van der Waals surface area contributed by atoms with Crippen LogP contribution in [0.1, 0.15) is 56.0 Å². The van der Waals surface area contributed by atoms with E-state index in [1.54, 1.807) is 0 Å². The Morgan fingerprint density at radius 2 is 1.70 bits per heavy atom. The topological polar surface area (TPSA) is 92.8 Å². The van der Waals surface area contributed by atoms with Crippen molar-refractivity contribution in [3.05, 3.63) is 64.2 Å². The van der Waals surface area contributed by atoms with Crippen LogP contribution in [0.2, 0.25) is 0 Å². The van der Waals surface area contributed by atoms with Gasteiger partial charge in [-0.1, -0.05) is 26.0 Å². The van der Waals surface area contributed by atoms with Crippen molar-refractivity contribution in [1.82, 2.24) is 4.90 Å². The zero-order valence-corrected chi connectivity index (χ0v) is 17.4. The number of aryl methyl sites for hydroxylation is 2. The first kappa shape index (κ1) is 21.2. The van der Waals surface area contributed by atoms with Gasteiger partial charge in [-0.3, -0.25) is 19.3 Å². The highest BCUT2D eigenvalue weighted by atomic mass is 16.5. The Balaban J connectivity index is 1.65. The average Bonchev–Trinajstić information content (AvgIpc) is 2.93. The number of carbonyl (C=O) groups is 4. The van der Waals surface area contributed by atoms with Gasteiger partial charge in [-0.25, -0.2) is 4.79 Å². The highest BCUT2D eigenvalue weighted by molar-refractivity contribution is 6.22. The summed E-state index contributed by atoms with van der Waals surface area (Å²) in [5, 5.41) is 2.71. The molecule has 1 aliphatic rings. The summed E-state index contributed by atoms with van der Waals surface area (Å²) in [7, 11) is 0. The van der Waals surface area contributed by atoms with E-state index in [1.807, 2.05) is 45.9 Å². The van der Waals surface area contributed by atoms with E-state index < -0.39 is 24.4 Å². The number of carbonyl (C=O) groups excluding carboxylic acids is 4. The fraction of sp³-hybridized carbons (Fsp3) is 0.304. The number of nitrogens with zero attached hydrogens (tertiary/aromatic N) is 1. The van der Waals surface area contributed by atoms with Crippen LogP contribution in [-0.4, -0.2) is 41.7 Å². The quantitative estimate of drug-likeness (QED) is 0.584. The van der Waals surface area contributed by atoms with Gasteiger partial charge in [0.25, 0.3) is 17.7 Å². The molecule has 2 aromatic carbocycles. The molecule has 0 bridgehead atoms. The Bertz CT molecular complexity index is 1040. The van der Waals surface area contributed by atoms with Crippen LogP contribution in [0.3, 0.4) is 0 Å². The zero-order valence-electron chi connectivity index (χ0n) is 17.4. The van der Waals surface area contributed by atoms with E-state index in [-0.39, 0.29) is 28.5 Å². The molecule has 30 heavy (non-hydrogen) atoms. The van der Waals surface area contributed by atoms with Crippen LogP contribution in [0.5, 0.6) is 0 Å². The SMILES string of the molecule is Cc1ccc(C)c(NC(=O)COC(=O)c2ccc3c(c2)C(=O)N(CC(C)C)C3=O)c1. The summed E-state index contributed by atoms with van der Waals surface area (Å²) >= 11 is 0. The van der Waals surface area contributed by atoms with E-state index in [4.69, 9.17) is 4.74 Å². The van der Waals surface area contributed by atoms with E-state index in [2.05, 4.69) is 5.32 Å². The molecule has 0 aliphatic carbocycles. The minimum Gasteiger partial charge on any atom is -0.452 e. The number of esters is 1. The van der Waals surface area contributed by atoms with Crippen molar-refractivity contribution in [3.8, 4) is 0 Å². The van der Waals surface area contributed by atoms with Gasteiger partial charge in [-0.15, -0.1) is 0 Å². The maximum absolute atomic E-state index is 12.5. The maximum atomic E-state index is 12.5. The van der Waals surface area contributed by atoms with Crippen LogP contribution in [0.25, 0.3) is 0 Å². The molecular weight excluding hydrogens is 384 g/mol. The molecule has 7 heteroatoms. The zero-order chi connectivity index (χ0) is 22.0. The fourth-order valence-corrected chi connectivity index (χ4v) is 3.22. The van der Waals surface area contributed by atoms with Gasteiger partial charge in [0.15, 0.2) is 6.61 Å². The Morgan fingerprint density at radius 1 is 1.00 bits per heavy atom.